The summed E-state index contributed by atoms with van der Waals surface area (Å²) in [7, 11) is 0. The van der Waals surface area contributed by atoms with Crippen LogP contribution in [0.5, 0.6) is 11.5 Å². The number of para-hydroxylation sites is 4. The van der Waals surface area contributed by atoms with Crippen LogP contribution in [-0.4, -0.2) is 14.1 Å². The first-order valence-corrected chi connectivity index (χ1v) is 22.3. The van der Waals surface area contributed by atoms with Gasteiger partial charge in [-0.1, -0.05) is 163 Å². The maximum atomic E-state index is 9.24. The molecule has 10 aromatic rings. The second kappa shape index (κ2) is 19.0. The van der Waals surface area contributed by atoms with Gasteiger partial charge in [0.2, 0.25) is 0 Å². The zero-order valence-corrected chi connectivity index (χ0v) is 40.6. The molecule has 338 valence electrons. The van der Waals surface area contributed by atoms with Gasteiger partial charge in [0.15, 0.2) is 0 Å². The number of aromatic nitrogens is 4. The van der Waals surface area contributed by atoms with Crippen LogP contribution < -0.4 is 9.30 Å². The van der Waals surface area contributed by atoms with E-state index in [2.05, 4.69) is 18.5 Å². The molecular formula is C61H56N4OPt-2. The molecule has 3 aromatic heterocycles. The standard InChI is InChI=1S/C61H56N4O.Pt/c1-41(2)31-44-33-45(32-42(3)4)35-47(34-44)52-23-16-22-51(46-17-9-8-10-18-46)60(52)64-40-63(56-25-13-14-26-57(56)64)48-19-15-20-49(37-48)66-50-27-28-54-53-21-11-12-24-55(53)65(58(54)38-50)59-36-43(29-30-62-59)39-61(5,6)7;/h8-30,33-36,41-42H,31-32,39H2,1-7H3;/q-2;/i8D,9D,10D,17D,18D,31D2,32D2,39D2;. The number of ether oxygens (including phenoxy) is 1. The summed E-state index contributed by atoms with van der Waals surface area (Å²) in [6.45, 7) is 12.7. The third-order valence-electron chi connectivity index (χ3n) is 11.0. The van der Waals surface area contributed by atoms with Crippen LogP contribution in [0.2, 0.25) is 0 Å². The molecule has 7 aromatic carbocycles. The molecule has 67 heavy (non-hydrogen) atoms. The van der Waals surface area contributed by atoms with Crippen LogP contribution >= 0.6 is 0 Å². The van der Waals surface area contributed by atoms with Crippen molar-refractivity contribution in [2.45, 2.75) is 67.6 Å². The van der Waals surface area contributed by atoms with Crippen LogP contribution in [0.1, 0.15) is 80.2 Å². The van der Waals surface area contributed by atoms with Gasteiger partial charge in [-0.05, 0) is 105 Å². The van der Waals surface area contributed by atoms with E-state index in [-0.39, 0.29) is 43.3 Å². The summed E-state index contributed by atoms with van der Waals surface area (Å²) in [5, 5.41) is 1.86. The van der Waals surface area contributed by atoms with Crippen molar-refractivity contribution in [1.29, 1.82) is 0 Å². The average Bonchev–Trinajstić information content (AvgIpc) is 4.07. The number of benzene rings is 7. The third kappa shape index (κ3) is 9.53. The fourth-order valence-electron chi connectivity index (χ4n) is 8.59. The summed E-state index contributed by atoms with van der Waals surface area (Å²) in [6, 6.07) is 43.0. The predicted octanol–water partition coefficient (Wildman–Crippen LogP) is 14.9. The summed E-state index contributed by atoms with van der Waals surface area (Å²) in [5.74, 6) is 0.302. The molecule has 0 aliphatic carbocycles. The van der Waals surface area contributed by atoms with Gasteiger partial charge in [0, 0.05) is 52.5 Å². The SMILES string of the molecule is [2H]c1c([2H])c([2H])c(-c2cccc(-c3cc(C([2H])([2H])C(C)C)cc(C([2H])([2H])C(C)C)c3)c2-[n+]2[c-]n(-c3[c-]c(Oc4[c-]c5c(cc4)c4ccccc4n5-c4cc(C([2H])([2H])C(C)(C)C)ccn4)ccc3)c3ccccc32)c([2H])c1[2H].[Pt]. The molecule has 0 atom stereocenters. The second-order valence-electron chi connectivity index (χ2n) is 18.1. The van der Waals surface area contributed by atoms with E-state index in [1.807, 2.05) is 104 Å². The van der Waals surface area contributed by atoms with Crippen LogP contribution in [0.3, 0.4) is 0 Å². The van der Waals surface area contributed by atoms with Crippen molar-refractivity contribution >= 4 is 32.8 Å². The number of hydrogen-bond acceptors (Lipinski definition) is 2. The monoisotopic (exact) mass is 1070 g/mol. The molecule has 3 heterocycles. The zero-order valence-electron chi connectivity index (χ0n) is 49.4. The summed E-state index contributed by atoms with van der Waals surface area (Å²) < 4.78 is 111. The Hall–Kier alpha value is -6.55. The maximum absolute atomic E-state index is 9.24. The quantitative estimate of drug-likeness (QED) is 0.0903. The molecule has 0 radical (unpaired) electrons. The van der Waals surface area contributed by atoms with Crippen molar-refractivity contribution < 1.29 is 45.4 Å². The van der Waals surface area contributed by atoms with E-state index in [1.54, 1.807) is 91.6 Å². The molecule has 0 bridgehead atoms. The first kappa shape index (κ1) is 33.8. The first-order chi connectivity index (χ1) is 36.3. The van der Waals surface area contributed by atoms with Crippen molar-refractivity contribution in [2.24, 2.45) is 17.3 Å². The van der Waals surface area contributed by atoms with Gasteiger partial charge in [-0.3, -0.25) is 4.57 Å². The Labute approximate surface area is 425 Å². The molecule has 0 unspecified atom stereocenters. The molecular weight excluding hydrogens is 1000 g/mol. The van der Waals surface area contributed by atoms with Gasteiger partial charge in [-0.15, -0.1) is 29.7 Å². The minimum absolute atomic E-state index is 0. The van der Waals surface area contributed by atoms with Crippen molar-refractivity contribution in [1.82, 2.24) is 14.1 Å². The Kier molecular flexibility index (Phi) is 9.59. The maximum Gasteiger partial charge on any atom is 0.268 e. The number of nitrogens with zero attached hydrogens (tertiary/aromatic N) is 4. The molecule has 10 rings (SSSR count). The van der Waals surface area contributed by atoms with E-state index in [9.17, 15) is 8.22 Å². The van der Waals surface area contributed by atoms with Gasteiger partial charge in [-0.2, -0.15) is 18.2 Å². The van der Waals surface area contributed by atoms with E-state index < -0.39 is 66.6 Å². The summed E-state index contributed by atoms with van der Waals surface area (Å²) in [4.78, 5) is 4.74. The summed E-state index contributed by atoms with van der Waals surface area (Å²) in [5.41, 5.74) is 5.20. The predicted molar refractivity (Wildman–Crippen MR) is 271 cm³/mol. The topological polar surface area (TPSA) is 35.9 Å². The van der Waals surface area contributed by atoms with E-state index in [4.69, 9.17) is 16.6 Å². The Morgan fingerprint density at radius 3 is 2.07 bits per heavy atom. The fraction of sp³-hybridized carbons (Fsp3) is 0.213. The third-order valence-corrected chi connectivity index (χ3v) is 11.0. The molecule has 0 spiro atoms. The molecule has 0 aliphatic heterocycles. The average molecular weight is 1070 g/mol. The van der Waals surface area contributed by atoms with Crippen LogP contribution in [-0.2, 0) is 40.2 Å². The fourth-order valence-corrected chi connectivity index (χ4v) is 8.59. The van der Waals surface area contributed by atoms with Gasteiger partial charge >= 0.3 is 0 Å². The van der Waals surface area contributed by atoms with Crippen LogP contribution in [0.25, 0.3) is 72.3 Å². The molecule has 0 saturated carbocycles. The van der Waals surface area contributed by atoms with E-state index in [1.165, 1.54) is 0 Å². The second-order valence-corrected chi connectivity index (χ2v) is 18.1. The number of imidazole rings is 1. The molecule has 0 aliphatic rings. The Balaban J connectivity index is 0.00000740. The van der Waals surface area contributed by atoms with Crippen molar-refractivity contribution in [3.05, 3.63) is 199 Å². The van der Waals surface area contributed by atoms with Crippen molar-refractivity contribution in [2.75, 3.05) is 0 Å². The summed E-state index contributed by atoms with van der Waals surface area (Å²) in [6.07, 6.45) is -0.254. The molecule has 0 fully saturated rings. The van der Waals surface area contributed by atoms with Gasteiger partial charge in [0.25, 0.3) is 6.33 Å². The number of hydrogen-bond donors (Lipinski definition) is 0. The van der Waals surface area contributed by atoms with Crippen molar-refractivity contribution in [3.8, 4) is 50.9 Å². The smallest absolute Gasteiger partial charge is 0.268 e. The van der Waals surface area contributed by atoms with Crippen LogP contribution in [0.15, 0.2) is 164 Å². The van der Waals surface area contributed by atoms with E-state index in [0.29, 0.717) is 61.9 Å². The number of fused-ring (bicyclic) bond motifs is 4. The molecule has 0 N–H and O–H groups in total. The van der Waals surface area contributed by atoms with Gasteiger partial charge in [0.1, 0.15) is 5.82 Å². The van der Waals surface area contributed by atoms with Crippen molar-refractivity contribution in [3.63, 3.8) is 0 Å². The minimum atomic E-state index is -1.88. The molecule has 5 nitrogen and oxygen atoms in total. The number of rotatable bonds is 12. The Bertz CT molecular complexity index is 3900. The van der Waals surface area contributed by atoms with Crippen LogP contribution in [0, 0.1) is 35.7 Å². The largest absolute Gasteiger partial charge is 0.510 e. The molecule has 6 heteroatoms. The summed E-state index contributed by atoms with van der Waals surface area (Å²) >= 11 is 0. The number of pyridine rings is 1. The van der Waals surface area contributed by atoms with E-state index >= 15 is 0 Å². The molecule has 0 amide bonds. The van der Waals surface area contributed by atoms with E-state index in [0.717, 1.165) is 16.3 Å². The Morgan fingerprint density at radius 1 is 0.672 bits per heavy atom. The first-order valence-electron chi connectivity index (χ1n) is 27.8. The van der Waals surface area contributed by atoms with Gasteiger partial charge in [0.05, 0.1) is 23.6 Å². The molecule has 0 saturated heterocycles. The minimum Gasteiger partial charge on any atom is -0.510 e. The normalized spacial score (nSPS) is 14.9. The van der Waals surface area contributed by atoms with Crippen LogP contribution in [0.4, 0.5) is 0 Å². The zero-order chi connectivity index (χ0) is 55.3. The van der Waals surface area contributed by atoms with Gasteiger partial charge in [-0.25, -0.2) is 4.98 Å². The Morgan fingerprint density at radius 2 is 1.34 bits per heavy atom. The van der Waals surface area contributed by atoms with Gasteiger partial charge < -0.3 is 13.9 Å².